The van der Waals surface area contributed by atoms with Crippen molar-refractivity contribution in [1.82, 2.24) is 19.8 Å². The second kappa shape index (κ2) is 8.77. The molecule has 1 amide bonds. The summed E-state index contributed by atoms with van der Waals surface area (Å²) in [6.45, 7) is 7.98. The standard InChI is InChI=1S/C19H31N5O2/c1-3-20-18-21-12-16(13-22-18)14-23-8-4-19(5-9-23)6-10-24(11-7-19)17(25)15-26-2/h12-13H,3-11,14-15H2,1-2H3,(H,20,21,22). The predicted molar refractivity (Wildman–Crippen MR) is 101 cm³/mol. The number of anilines is 1. The lowest BCUT2D eigenvalue weighted by Crippen LogP contribution is -2.48. The minimum absolute atomic E-state index is 0.126. The zero-order valence-corrected chi connectivity index (χ0v) is 16.0. The van der Waals surface area contributed by atoms with Gasteiger partial charge in [0, 0.05) is 51.2 Å². The van der Waals surface area contributed by atoms with Crippen LogP contribution < -0.4 is 5.32 Å². The molecule has 2 fully saturated rings. The second-order valence-electron chi connectivity index (χ2n) is 7.54. The van der Waals surface area contributed by atoms with E-state index in [1.54, 1.807) is 7.11 Å². The van der Waals surface area contributed by atoms with E-state index < -0.39 is 0 Å². The molecule has 0 aromatic carbocycles. The van der Waals surface area contributed by atoms with E-state index in [4.69, 9.17) is 4.74 Å². The minimum Gasteiger partial charge on any atom is -0.375 e. The van der Waals surface area contributed by atoms with Crippen LogP contribution in [0, 0.1) is 5.41 Å². The molecule has 3 heterocycles. The Kier molecular flexibility index (Phi) is 6.43. The molecular weight excluding hydrogens is 330 g/mol. The van der Waals surface area contributed by atoms with Crippen LogP contribution >= 0.6 is 0 Å². The molecule has 2 saturated heterocycles. The van der Waals surface area contributed by atoms with Crippen LogP contribution in [0.25, 0.3) is 0 Å². The highest BCUT2D eigenvalue weighted by atomic mass is 16.5. The fourth-order valence-corrected chi connectivity index (χ4v) is 4.07. The van der Waals surface area contributed by atoms with Gasteiger partial charge in [-0.25, -0.2) is 9.97 Å². The van der Waals surface area contributed by atoms with Gasteiger partial charge >= 0.3 is 0 Å². The van der Waals surface area contributed by atoms with E-state index in [1.165, 1.54) is 18.4 Å². The Morgan fingerprint density at radius 3 is 2.35 bits per heavy atom. The van der Waals surface area contributed by atoms with Gasteiger partial charge in [0.1, 0.15) is 6.61 Å². The van der Waals surface area contributed by atoms with Gasteiger partial charge in [-0.1, -0.05) is 0 Å². The highest BCUT2D eigenvalue weighted by Gasteiger charge is 2.38. The molecule has 7 nitrogen and oxygen atoms in total. The Balaban J connectivity index is 1.45. The Hall–Kier alpha value is -1.73. The summed E-state index contributed by atoms with van der Waals surface area (Å²) in [4.78, 5) is 25.1. The topological polar surface area (TPSA) is 70.6 Å². The Bertz CT molecular complexity index is 574. The third-order valence-corrected chi connectivity index (χ3v) is 5.81. The minimum atomic E-state index is 0.126. The molecule has 2 aliphatic heterocycles. The number of likely N-dealkylation sites (tertiary alicyclic amines) is 2. The smallest absolute Gasteiger partial charge is 0.248 e. The highest BCUT2D eigenvalue weighted by molar-refractivity contribution is 5.77. The Morgan fingerprint density at radius 1 is 1.15 bits per heavy atom. The fraction of sp³-hybridized carbons (Fsp3) is 0.737. The Morgan fingerprint density at radius 2 is 1.77 bits per heavy atom. The maximum absolute atomic E-state index is 12.0. The van der Waals surface area contributed by atoms with Crippen LogP contribution in [0.1, 0.15) is 38.2 Å². The molecule has 0 aliphatic carbocycles. The lowest BCUT2D eigenvalue weighted by atomic mass is 9.71. The molecule has 1 aromatic rings. The van der Waals surface area contributed by atoms with Crippen molar-refractivity contribution in [3.8, 4) is 0 Å². The number of amides is 1. The van der Waals surface area contributed by atoms with Crippen LogP contribution in [0.4, 0.5) is 5.95 Å². The molecule has 0 unspecified atom stereocenters. The third-order valence-electron chi connectivity index (χ3n) is 5.81. The molecule has 1 spiro atoms. The van der Waals surface area contributed by atoms with Gasteiger partial charge in [0.15, 0.2) is 0 Å². The zero-order valence-electron chi connectivity index (χ0n) is 16.0. The lowest BCUT2D eigenvalue weighted by Gasteiger charge is -2.46. The molecular formula is C19H31N5O2. The molecule has 0 radical (unpaired) electrons. The summed E-state index contributed by atoms with van der Waals surface area (Å²) < 4.78 is 4.97. The summed E-state index contributed by atoms with van der Waals surface area (Å²) >= 11 is 0. The average molecular weight is 361 g/mol. The van der Waals surface area contributed by atoms with Crippen molar-refractivity contribution in [2.75, 3.05) is 51.8 Å². The first-order chi connectivity index (χ1) is 12.6. The van der Waals surface area contributed by atoms with Crippen LogP contribution in [-0.2, 0) is 16.1 Å². The molecule has 7 heteroatoms. The number of methoxy groups -OCH3 is 1. The van der Waals surface area contributed by atoms with E-state index >= 15 is 0 Å². The van der Waals surface area contributed by atoms with Gasteiger partial charge in [-0.2, -0.15) is 0 Å². The van der Waals surface area contributed by atoms with E-state index in [0.717, 1.165) is 52.1 Å². The van der Waals surface area contributed by atoms with E-state index in [1.807, 2.05) is 24.2 Å². The van der Waals surface area contributed by atoms with Crippen molar-refractivity contribution in [2.45, 2.75) is 39.2 Å². The van der Waals surface area contributed by atoms with Crippen LogP contribution in [-0.4, -0.2) is 72.1 Å². The summed E-state index contributed by atoms with van der Waals surface area (Å²) in [6.07, 6.45) is 8.53. The monoisotopic (exact) mass is 361 g/mol. The summed E-state index contributed by atoms with van der Waals surface area (Å²) in [5, 5.41) is 3.12. The number of hydrogen-bond donors (Lipinski definition) is 1. The largest absolute Gasteiger partial charge is 0.375 e. The number of nitrogens with zero attached hydrogens (tertiary/aromatic N) is 4. The van der Waals surface area contributed by atoms with E-state index in [-0.39, 0.29) is 12.5 Å². The van der Waals surface area contributed by atoms with Crippen molar-refractivity contribution in [3.63, 3.8) is 0 Å². The first-order valence-electron chi connectivity index (χ1n) is 9.68. The number of hydrogen-bond acceptors (Lipinski definition) is 6. The van der Waals surface area contributed by atoms with Crippen molar-refractivity contribution in [1.29, 1.82) is 0 Å². The van der Waals surface area contributed by atoms with Crippen molar-refractivity contribution < 1.29 is 9.53 Å². The van der Waals surface area contributed by atoms with Crippen molar-refractivity contribution >= 4 is 11.9 Å². The zero-order chi connectivity index (χ0) is 18.4. The molecule has 1 N–H and O–H groups in total. The van der Waals surface area contributed by atoms with Gasteiger partial charge in [-0.3, -0.25) is 9.69 Å². The molecule has 2 aliphatic rings. The molecule has 0 bridgehead atoms. The van der Waals surface area contributed by atoms with Gasteiger partial charge in [0.05, 0.1) is 0 Å². The number of rotatable bonds is 6. The maximum Gasteiger partial charge on any atom is 0.248 e. The number of carbonyl (C=O) groups excluding carboxylic acids is 1. The van der Waals surface area contributed by atoms with E-state index in [9.17, 15) is 4.79 Å². The van der Waals surface area contributed by atoms with Gasteiger partial charge in [-0.15, -0.1) is 0 Å². The van der Waals surface area contributed by atoms with E-state index in [0.29, 0.717) is 11.4 Å². The lowest BCUT2D eigenvalue weighted by molar-refractivity contribution is -0.138. The second-order valence-corrected chi connectivity index (χ2v) is 7.54. The molecule has 0 saturated carbocycles. The highest BCUT2D eigenvalue weighted by Crippen LogP contribution is 2.41. The van der Waals surface area contributed by atoms with Crippen LogP contribution in [0.15, 0.2) is 12.4 Å². The van der Waals surface area contributed by atoms with Crippen LogP contribution in [0.3, 0.4) is 0 Å². The average Bonchev–Trinajstić information content (AvgIpc) is 2.66. The molecule has 0 atom stereocenters. The predicted octanol–water partition coefficient (Wildman–Crippen LogP) is 1.76. The number of carbonyl (C=O) groups is 1. The van der Waals surface area contributed by atoms with Crippen LogP contribution in [0.5, 0.6) is 0 Å². The summed E-state index contributed by atoms with van der Waals surface area (Å²) in [6, 6.07) is 0. The van der Waals surface area contributed by atoms with Gasteiger partial charge < -0.3 is 15.0 Å². The number of ether oxygens (including phenoxy) is 1. The van der Waals surface area contributed by atoms with Crippen molar-refractivity contribution in [3.05, 3.63) is 18.0 Å². The quantitative estimate of drug-likeness (QED) is 0.833. The van der Waals surface area contributed by atoms with Gasteiger partial charge in [0.25, 0.3) is 0 Å². The van der Waals surface area contributed by atoms with Gasteiger partial charge in [0.2, 0.25) is 11.9 Å². The third kappa shape index (κ3) is 4.71. The number of aromatic nitrogens is 2. The summed E-state index contributed by atoms with van der Waals surface area (Å²) in [5.41, 5.74) is 1.59. The molecule has 3 rings (SSSR count). The number of piperidine rings is 2. The van der Waals surface area contributed by atoms with E-state index in [2.05, 4.69) is 20.2 Å². The molecule has 26 heavy (non-hydrogen) atoms. The normalized spacial score (nSPS) is 20.3. The molecule has 1 aromatic heterocycles. The summed E-state index contributed by atoms with van der Waals surface area (Å²) in [7, 11) is 1.58. The van der Waals surface area contributed by atoms with Crippen LogP contribution in [0.2, 0.25) is 0 Å². The number of nitrogens with one attached hydrogen (secondary N) is 1. The van der Waals surface area contributed by atoms with Gasteiger partial charge in [-0.05, 0) is 51.1 Å². The summed E-state index contributed by atoms with van der Waals surface area (Å²) in [5.74, 6) is 0.824. The first-order valence-corrected chi connectivity index (χ1v) is 9.68. The first kappa shape index (κ1) is 19.0. The maximum atomic E-state index is 12.0. The SMILES string of the molecule is CCNc1ncc(CN2CCC3(CC2)CCN(C(=O)COC)CC3)cn1. The fourth-order valence-electron chi connectivity index (χ4n) is 4.07. The molecule has 144 valence electrons. The van der Waals surface area contributed by atoms with Crippen molar-refractivity contribution in [2.24, 2.45) is 5.41 Å². The Labute approximate surface area is 156 Å².